The van der Waals surface area contributed by atoms with Gasteiger partial charge in [0.1, 0.15) is 5.75 Å². The third kappa shape index (κ3) is 5.07. The average molecular weight is 342 g/mol. The summed E-state index contributed by atoms with van der Waals surface area (Å²) in [7, 11) is 1.35. The fourth-order valence-corrected chi connectivity index (χ4v) is 2.11. The molecule has 0 unspecified atom stereocenters. The Morgan fingerprint density at radius 2 is 1.96 bits per heavy atom. The highest BCUT2D eigenvalue weighted by Crippen LogP contribution is 2.29. The number of hydrogen-bond acceptors (Lipinski definition) is 5. The number of anilines is 1. The highest BCUT2D eigenvalue weighted by Gasteiger charge is 2.15. The summed E-state index contributed by atoms with van der Waals surface area (Å²) in [6, 6.07) is 11.5. The first kappa shape index (κ1) is 18.0. The Morgan fingerprint density at radius 1 is 1.24 bits per heavy atom. The molecule has 7 nitrogen and oxygen atoms in total. The van der Waals surface area contributed by atoms with Crippen molar-refractivity contribution in [3.63, 3.8) is 0 Å². The van der Waals surface area contributed by atoms with E-state index in [1.807, 2.05) is 31.2 Å². The number of nitro benzene ring substituents is 1. The molecule has 2 rings (SSSR count). The van der Waals surface area contributed by atoms with Gasteiger partial charge in [-0.3, -0.25) is 14.9 Å². The molecule has 0 fully saturated rings. The molecule has 7 heteroatoms. The maximum absolute atomic E-state index is 12.0. The summed E-state index contributed by atoms with van der Waals surface area (Å²) in [5.41, 5.74) is 0.934. The Hall–Kier alpha value is -3.35. The van der Waals surface area contributed by atoms with Crippen LogP contribution < -0.4 is 14.8 Å². The van der Waals surface area contributed by atoms with Crippen LogP contribution in [0.5, 0.6) is 11.5 Å². The molecule has 1 amide bonds. The molecule has 0 aliphatic carbocycles. The number of nitrogens with zero attached hydrogens (tertiary/aromatic N) is 1. The van der Waals surface area contributed by atoms with E-state index in [2.05, 4.69) is 5.32 Å². The number of carbonyl (C=O) groups is 1. The van der Waals surface area contributed by atoms with E-state index in [0.717, 1.165) is 11.3 Å². The van der Waals surface area contributed by atoms with Crippen molar-refractivity contribution in [2.45, 2.75) is 6.92 Å². The largest absolute Gasteiger partial charge is 0.494 e. The van der Waals surface area contributed by atoms with Crippen LogP contribution in [0.4, 0.5) is 11.4 Å². The minimum atomic E-state index is -0.565. The molecule has 1 N–H and O–H groups in total. The molecule has 130 valence electrons. The Morgan fingerprint density at radius 3 is 2.56 bits per heavy atom. The summed E-state index contributed by atoms with van der Waals surface area (Å²) in [6.45, 7) is 2.49. The van der Waals surface area contributed by atoms with Crippen molar-refractivity contribution in [1.29, 1.82) is 0 Å². The Kier molecular flexibility index (Phi) is 6.11. The molecular weight excluding hydrogens is 324 g/mol. The van der Waals surface area contributed by atoms with E-state index in [0.29, 0.717) is 12.3 Å². The summed E-state index contributed by atoms with van der Waals surface area (Å²) in [5.74, 6) is 0.496. The van der Waals surface area contributed by atoms with E-state index in [4.69, 9.17) is 9.47 Å². The zero-order chi connectivity index (χ0) is 18.2. The molecule has 2 aromatic carbocycles. The van der Waals surface area contributed by atoms with Gasteiger partial charge in [0.15, 0.2) is 5.75 Å². The molecule has 0 bridgehead atoms. The van der Waals surface area contributed by atoms with Gasteiger partial charge in [-0.25, -0.2) is 0 Å². The quantitative estimate of drug-likeness (QED) is 0.471. The molecule has 0 aliphatic rings. The zero-order valence-electron chi connectivity index (χ0n) is 13.9. The number of benzene rings is 2. The molecule has 0 saturated heterocycles. The number of hydrogen-bond donors (Lipinski definition) is 1. The van der Waals surface area contributed by atoms with Crippen molar-refractivity contribution in [1.82, 2.24) is 0 Å². The van der Waals surface area contributed by atoms with Gasteiger partial charge >= 0.3 is 5.69 Å². The highest BCUT2D eigenvalue weighted by molar-refractivity contribution is 6.02. The average Bonchev–Trinajstić information content (AvgIpc) is 2.61. The first-order valence-electron chi connectivity index (χ1n) is 7.58. The monoisotopic (exact) mass is 342 g/mol. The Balaban J connectivity index is 2.04. The van der Waals surface area contributed by atoms with Crippen LogP contribution in [0.25, 0.3) is 6.08 Å². The number of nitro groups is 1. The summed E-state index contributed by atoms with van der Waals surface area (Å²) < 4.78 is 10.3. The van der Waals surface area contributed by atoms with Crippen molar-refractivity contribution in [2.24, 2.45) is 0 Å². The van der Waals surface area contributed by atoms with E-state index >= 15 is 0 Å². The molecule has 0 aromatic heterocycles. The molecule has 0 radical (unpaired) electrons. The molecule has 0 heterocycles. The van der Waals surface area contributed by atoms with Crippen molar-refractivity contribution in [2.75, 3.05) is 19.0 Å². The van der Waals surface area contributed by atoms with E-state index < -0.39 is 10.8 Å². The van der Waals surface area contributed by atoms with Crippen molar-refractivity contribution >= 4 is 23.4 Å². The number of methoxy groups -OCH3 is 1. The molecule has 25 heavy (non-hydrogen) atoms. The SMILES string of the molecule is CCOc1ccc(/C=C/C(=O)Nc2ccc(OC)c([N+](=O)[O-])c2)cc1. The van der Waals surface area contributed by atoms with E-state index in [1.165, 1.54) is 31.4 Å². The standard InChI is InChI=1S/C18H18N2O5/c1-3-25-15-8-4-13(5-9-15)6-11-18(21)19-14-7-10-17(24-2)16(12-14)20(22)23/h4-12H,3H2,1-2H3,(H,19,21)/b11-6+. The number of carbonyl (C=O) groups excluding carboxylic acids is 1. The molecular formula is C18H18N2O5. The highest BCUT2D eigenvalue weighted by atomic mass is 16.6. The van der Waals surface area contributed by atoms with Crippen molar-refractivity contribution in [3.8, 4) is 11.5 Å². The van der Waals surface area contributed by atoms with Gasteiger partial charge in [0, 0.05) is 17.8 Å². The van der Waals surface area contributed by atoms with Crippen molar-refractivity contribution < 1.29 is 19.2 Å². The topological polar surface area (TPSA) is 90.7 Å². The van der Waals surface area contributed by atoms with Gasteiger partial charge in [-0.05, 0) is 42.8 Å². The van der Waals surface area contributed by atoms with Crippen LogP contribution in [0.2, 0.25) is 0 Å². The lowest BCUT2D eigenvalue weighted by Gasteiger charge is -2.05. The van der Waals surface area contributed by atoms with Crippen LogP contribution in [0.1, 0.15) is 12.5 Å². The van der Waals surface area contributed by atoms with Crippen LogP contribution in [0, 0.1) is 10.1 Å². The summed E-state index contributed by atoms with van der Waals surface area (Å²) in [6.07, 6.45) is 2.99. The first-order chi connectivity index (χ1) is 12.0. The van der Waals surface area contributed by atoms with Gasteiger partial charge in [0.2, 0.25) is 5.91 Å². The van der Waals surface area contributed by atoms with Gasteiger partial charge in [0.05, 0.1) is 18.6 Å². The summed E-state index contributed by atoms with van der Waals surface area (Å²) in [4.78, 5) is 22.4. The Labute approximate surface area is 145 Å². The van der Waals surface area contributed by atoms with Crippen molar-refractivity contribution in [3.05, 3.63) is 64.2 Å². The second-order valence-corrected chi connectivity index (χ2v) is 4.97. The third-order valence-corrected chi connectivity index (χ3v) is 3.26. The second-order valence-electron chi connectivity index (χ2n) is 4.97. The Bertz CT molecular complexity index is 785. The predicted molar refractivity (Wildman–Crippen MR) is 94.9 cm³/mol. The molecule has 2 aromatic rings. The van der Waals surface area contributed by atoms with Gasteiger partial charge in [-0.15, -0.1) is 0 Å². The zero-order valence-corrected chi connectivity index (χ0v) is 13.9. The molecule has 0 aliphatic heterocycles. The fourth-order valence-electron chi connectivity index (χ4n) is 2.11. The smallest absolute Gasteiger partial charge is 0.312 e. The van der Waals surface area contributed by atoms with Gasteiger partial charge < -0.3 is 14.8 Å². The maximum atomic E-state index is 12.0. The van der Waals surface area contributed by atoms with E-state index in [1.54, 1.807) is 6.08 Å². The second kappa shape index (κ2) is 8.49. The number of rotatable bonds is 7. The van der Waals surface area contributed by atoms with Crippen LogP contribution in [-0.2, 0) is 4.79 Å². The van der Waals surface area contributed by atoms with Crippen LogP contribution >= 0.6 is 0 Å². The summed E-state index contributed by atoms with van der Waals surface area (Å²) in [5, 5.41) is 13.6. The lowest BCUT2D eigenvalue weighted by Crippen LogP contribution is -2.08. The number of nitrogens with one attached hydrogen (secondary N) is 1. The number of amides is 1. The normalized spacial score (nSPS) is 10.5. The first-order valence-corrected chi connectivity index (χ1v) is 7.58. The van der Waals surface area contributed by atoms with E-state index in [9.17, 15) is 14.9 Å². The molecule has 0 saturated carbocycles. The molecule has 0 atom stereocenters. The van der Waals surface area contributed by atoms with Gasteiger partial charge in [-0.1, -0.05) is 12.1 Å². The lowest BCUT2D eigenvalue weighted by atomic mass is 10.2. The minimum Gasteiger partial charge on any atom is -0.494 e. The number of ether oxygens (including phenoxy) is 2. The lowest BCUT2D eigenvalue weighted by molar-refractivity contribution is -0.385. The molecule has 0 spiro atoms. The maximum Gasteiger partial charge on any atom is 0.312 e. The minimum absolute atomic E-state index is 0.132. The fraction of sp³-hybridized carbons (Fsp3) is 0.167. The van der Waals surface area contributed by atoms with E-state index in [-0.39, 0.29) is 11.4 Å². The predicted octanol–water partition coefficient (Wildman–Crippen LogP) is 3.65. The van der Waals surface area contributed by atoms with Crippen LogP contribution in [0.3, 0.4) is 0 Å². The van der Waals surface area contributed by atoms with Gasteiger partial charge in [-0.2, -0.15) is 0 Å². The van der Waals surface area contributed by atoms with Crippen LogP contribution in [-0.4, -0.2) is 24.5 Å². The summed E-state index contributed by atoms with van der Waals surface area (Å²) >= 11 is 0. The van der Waals surface area contributed by atoms with Crippen LogP contribution in [0.15, 0.2) is 48.5 Å². The van der Waals surface area contributed by atoms with Gasteiger partial charge in [0.25, 0.3) is 0 Å². The third-order valence-electron chi connectivity index (χ3n) is 3.26.